The summed E-state index contributed by atoms with van der Waals surface area (Å²) in [6.45, 7) is 0.0919. The topological polar surface area (TPSA) is 66.8 Å². The molecule has 5 nitrogen and oxygen atoms in total. The van der Waals surface area contributed by atoms with Crippen molar-refractivity contribution in [2.75, 3.05) is 13.2 Å². The molecule has 0 radical (unpaired) electrons. The van der Waals surface area contributed by atoms with Crippen LogP contribution in [0.1, 0.15) is 11.7 Å². The third kappa shape index (κ3) is 3.00. The maximum atomic E-state index is 13.7. The van der Waals surface area contributed by atoms with Crippen LogP contribution in [0.5, 0.6) is 0 Å². The Bertz CT molecular complexity index is 556. The van der Waals surface area contributed by atoms with Crippen LogP contribution >= 0.6 is 0 Å². The van der Waals surface area contributed by atoms with E-state index in [1.54, 1.807) is 0 Å². The first-order valence-electron chi connectivity index (χ1n) is 5.78. The number of carbonyl (C=O) groups is 2. The van der Waals surface area contributed by atoms with E-state index in [1.165, 1.54) is 12.1 Å². The molecule has 1 aromatic carbocycles. The minimum absolute atomic E-state index is 0.0358. The van der Waals surface area contributed by atoms with E-state index >= 15 is 0 Å². The minimum atomic E-state index is -1.70. The van der Waals surface area contributed by atoms with E-state index < -0.39 is 29.7 Å². The minimum Gasteiger partial charge on any atom is -0.447 e. The molecule has 1 N–H and O–H groups in total. The van der Waals surface area contributed by atoms with Crippen molar-refractivity contribution >= 4 is 12.0 Å². The summed E-state index contributed by atoms with van der Waals surface area (Å²) in [7, 11) is 0. The van der Waals surface area contributed by atoms with Gasteiger partial charge >= 0.3 is 6.09 Å². The van der Waals surface area contributed by atoms with Crippen LogP contribution in [0.15, 0.2) is 36.2 Å². The molecule has 1 fully saturated rings. The van der Waals surface area contributed by atoms with Crippen LogP contribution in [-0.4, -0.2) is 35.2 Å². The smallest absolute Gasteiger partial charge is 0.416 e. The fourth-order valence-corrected chi connectivity index (χ4v) is 1.67. The summed E-state index contributed by atoms with van der Waals surface area (Å²) < 4.78 is 31.0. The molecule has 1 unspecified atom stereocenters. The highest BCUT2D eigenvalue weighted by molar-refractivity contribution is 5.99. The van der Waals surface area contributed by atoms with Gasteiger partial charge in [0.25, 0.3) is 5.91 Å². The van der Waals surface area contributed by atoms with Gasteiger partial charge < -0.3 is 9.84 Å². The zero-order valence-electron chi connectivity index (χ0n) is 10.3. The number of aliphatic hydroxyl groups excluding tert-OH is 1. The summed E-state index contributed by atoms with van der Waals surface area (Å²) in [6, 6.07) is 4.51. The summed E-state index contributed by atoms with van der Waals surface area (Å²) in [5, 5.41) is 9.68. The maximum absolute atomic E-state index is 13.7. The van der Waals surface area contributed by atoms with Crippen LogP contribution in [0.2, 0.25) is 0 Å². The number of hydrogen-bond donors (Lipinski definition) is 1. The predicted octanol–water partition coefficient (Wildman–Crippen LogP) is 1.69. The number of rotatable bonds is 3. The summed E-state index contributed by atoms with van der Waals surface area (Å²) in [6.07, 6.45) is -2.03. The highest BCUT2D eigenvalue weighted by Crippen LogP contribution is 2.23. The number of nitrogens with zero attached hydrogens (tertiary/aromatic N) is 1. The number of aliphatic hydroxyl groups is 1. The van der Waals surface area contributed by atoms with E-state index in [0.29, 0.717) is 6.08 Å². The lowest BCUT2D eigenvalue weighted by Crippen LogP contribution is -2.30. The van der Waals surface area contributed by atoms with Crippen molar-refractivity contribution in [3.8, 4) is 0 Å². The second kappa shape index (κ2) is 5.79. The van der Waals surface area contributed by atoms with Gasteiger partial charge in [-0.25, -0.2) is 18.5 Å². The van der Waals surface area contributed by atoms with Crippen LogP contribution in [-0.2, 0) is 9.53 Å². The lowest BCUT2D eigenvalue weighted by Gasteiger charge is -2.11. The first kappa shape index (κ1) is 14.1. The summed E-state index contributed by atoms with van der Waals surface area (Å²) in [5.74, 6) is -2.58. The van der Waals surface area contributed by atoms with Crippen molar-refractivity contribution < 1.29 is 28.2 Å². The van der Waals surface area contributed by atoms with Gasteiger partial charge in [-0.15, -0.1) is 0 Å². The van der Waals surface area contributed by atoms with E-state index in [9.17, 15) is 23.5 Å². The molecule has 0 aliphatic carbocycles. The monoisotopic (exact) mass is 283 g/mol. The van der Waals surface area contributed by atoms with E-state index in [4.69, 9.17) is 0 Å². The number of ether oxygens (including phenoxy) is 1. The highest BCUT2D eigenvalue weighted by atomic mass is 19.1. The molecular formula is C13H11F2NO4. The van der Waals surface area contributed by atoms with Crippen molar-refractivity contribution in [2.45, 2.75) is 6.10 Å². The van der Waals surface area contributed by atoms with Crippen molar-refractivity contribution in [2.24, 2.45) is 0 Å². The second-order valence-electron chi connectivity index (χ2n) is 4.09. The molecule has 0 spiro atoms. The van der Waals surface area contributed by atoms with Crippen LogP contribution < -0.4 is 0 Å². The van der Waals surface area contributed by atoms with Crippen LogP contribution in [0.4, 0.5) is 13.6 Å². The molecule has 20 heavy (non-hydrogen) atoms. The molecule has 1 aliphatic heterocycles. The number of amides is 2. The van der Waals surface area contributed by atoms with Crippen molar-refractivity contribution in [1.82, 2.24) is 4.90 Å². The molecule has 1 aliphatic rings. The number of imide groups is 1. The lowest BCUT2D eigenvalue weighted by molar-refractivity contribution is -0.122. The molecule has 1 heterocycles. The maximum Gasteiger partial charge on any atom is 0.416 e. The van der Waals surface area contributed by atoms with Gasteiger partial charge in [0.05, 0.1) is 6.54 Å². The predicted molar refractivity (Wildman–Crippen MR) is 63.6 cm³/mol. The Morgan fingerprint density at radius 2 is 2.05 bits per heavy atom. The van der Waals surface area contributed by atoms with Gasteiger partial charge in [-0.05, 0) is 17.7 Å². The molecular weight excluding hydrogens is 272 g/mol. The quantitative estimate of drug-likeness (QED) is 0.857. The average Bonchev–Trinajstić information content (AvgIpc) is 2.85. The molecule has 1 aromatic rings. The molecule has 106 valence electrons. The Hall–Kier alpha value is -2.28. The highest BCUT2D eigenvalue weighted by Gasteiger charge is 2.28. The van der Waals surface area contributed by atoms with Crippen LogP contribution in [0, 0.1) is 5.82 Å². The van der Waals surface area contributed by atoms with Crippen LogP contribution in [0.3, 0.4) is 0 Å². The average molecular weight is 283 g/mol. The third-order valence-electron chi connectivity index (χ3n) is 2.74. The fourth-order valence-electron chi connectivity index (χ4n) is 1.67. The van der Waals surface area contributed by atoms with Gasteiger partial charge in [-0.2, -0.15) is 0 Å². The molecule has 2 amide bonds. The molecule has 0 bridgehead atoms. The van der Waals surface area contributed by atoms with Gasteiger partial charge in [0.1, 0.15) is 24.4 Å². The molecule has 2 rings (SSSR count). The fraction of sp³-hybridized carbons (Fsp3) is 0.231. The summed E-state index contributed by atoms with van der Waals surface area (Å²) >= 11 is 0. The molecule has 0 saturated carbocycles. The van der Waals surface area contributed by atoms with Crippen molar-refractivity contribution in [3.63, 3.8) is 0 Å². The van der Waals surface area contributed by atoms with Crippen LogP contribution in [0.25, 0.3) is 0 Å². The van der Waals surface area contributed by atoms with E-state index in [2.05, 4.69) is 4.74 Å². The Kier molecular flexibility index (Phi) is 4.09. The zero-order valence-corrected chi connectivity index (χ0v) is 10.3. The van der Waals surface area contributed by atoms with Gasteiger partial charge in [-0.3, -0.25) is 4.79 Å². The summed E-state index contributed by atoms with van der Waals surface area (Å²) in [4.78, 5) is 23.4. The Labute approximate surface area is 113 Å². The van der Waals surface area contributed by atoms with E-state index in [1.807, 2.05) is 0 Å². The number of benzene rings is 1. The summed E-state index contributed by atoms with van der Waals surface area (Å²) in [5.41, 5.74) is 0.0944. The normalized spacial score (nSPS) is 17.1. The van der Waals surface area contributed by atoms with E-state index in [-0.39, 0.29) is 18.7 Å². The SMILES string of the molecule is O=C(/C=C(\F)C(O)c1ccc(F)cc1)N1CCOC1=O. The lowest BCUT2D eigenvalue weighted by atomic mass is 10.1. The Morgan fingerprint density at radius 3 is 2.60 bits per heavy atom. The second-order valence-corrected chi connectivity index (χ2v) is 4.09. The standard InChI is InChI=1S/C13H11F2NO4/c14-9-3-1-8(2-4-9)12(18)10(15)7-11(17)16-5-6-20-13(16)19/h1-4,7,12,18H,5-6H2/b10-7-. The van der Waals surface area contributed by atoms with Gasteiger partial charge in [0.2, 0.25) is 0 Å². The first-order valence-corrected chi connectivity index (χ1v) is 5.78. The van der Waals surface area contributed by atoms with Gasteiger partial charge in [-0.1, -0.05) is 12.1 Å². The molecule has 0 aromatic heterocycles. The van der Waals surface area contributed by atoms with E-state index in [0.717, 1.165) is 17.0 Å². The number of cyclic esters (lactones) is 1. The van der Waals surface area contributed by atoms with Crippen molar-refractivity contribution in [3.05, 3.63) is 47.5 Å². The number of hydrogen-bond acceptors (Lipinski definition) is 4. The van der Waals surface area contributed by atoms with Gasteiger partial charge in [0.15, 0.2) is 0 Å². The Balaban J connectivity index is 2.11. The molecule has 1 atom stereocenters. The first-order chi connectivity index (χ1) is 9.49. The van der Waals surface area contributed by atoms with Gasteiger partial charge in [0, 0.05) is 6.08 Å². The third-order valence-corrected chi connectivity index (χ3v) is 2.74. The van der Waals surface area contributed by atoms with Crippen molar-refractivity contribution in [1.29, 1.82) is 0 Å². The Morgan fingerprint density at radius 1 is 1.40 bits per heavy atom. The number of halogens is 2. The largest absolute Gasteiger partial charge is 0.447 e. The molecule has 1 saturated heterocycles. The molecule has 7 heteroatoms. The number of carbonyl (C=O) groups excluding carboxylic acids is 2. The zero-order chi connectivity index (χ0) is 14.7.